The van der Waals surface area contributed by atoms with Gasteiger partial charge in [0.2, 0.25) is 0 Å². The summed E-state index contributed by atoms with van der Waals surface area (Å²) in [5.41, 5.74) is -0.494. The molecule has 0 saturated carbocycles. The van der Waals surface area contributed by atoms with Gasteiger partial charge in [-0.2, -0.15) is 0 Å². The van der Waals surface area contributed by atoms with Gasteiger partial charge in [0.05, 0.1) is 6.20 Å². The molecule has 1 atom stereocenters. The summed E-state index contributed by atoms with van der Waals surface area (Å²) < 4.78 is 18.3. The largest absolute Gasteiger partial charge is 0.444 e. The van der Waals surface area contributed by atoms with Crippen molar-refractivity contribution in [3.8, 4) is 0 Å². The summed E-state index contributed by atoms with van der Waals surface area (Å²) in [6.45, 7) is 9.41. The number of aromatic nitrogens is 1. The zero-order chi connectivity index (χ0) is 15.6. The number of halogens is 1. The maximum Gasteiger partial charge on any atom is 0.410 e. The van der Waals surface area contributed by atoms with Crippen LogP contribution in [0.25, 0.3) is 0 Å². The third-order valence-corrected chi connectivity index (χ3v) is 3.29. The number of anilines is 1. The predicted octanol–water partition coefficient (Wildman–Crippen LogP) is 2.67. The van der Waals surface area contributed by atoms with E-state index < -0.39 is 5.60 Å². The van der Waals surface area contributed by atoms with Gasteiger partial charge in [-0.15, -0.1) is 0 Å². The maximum absolute atomic E-state index is 12.9. The lowest BCUT2D eigenvalue weighted by atomic mass is 10.2. The molecule has 5 nitrogen and oxygen atoms in total. The van der Waals surface area contributed by atoms with E-state index >= 15 is 0 Å². The van der Waals surface area contributed by atoms with Crippen LogP contribution in [0.2, 0.25) is 0 Å². The highest BCUT2D eigenvalue weighted by molar-refractivity contribution is 5.69. The van der Waals surface area contributed by atoms with Gasteiger partial charge in [0.25, 0.3) is 0 Å². The van der Waals surface area contributed by atoms with E-state index in [1.807, 2.05) is 32.6 Å². The van der Waals surface area contributed by atoms with Crippen LogP contribution >= 0.6 is 0 Å². The molecule has 1 saturated heterocycles. The van der Waals surface area contributed by atoms with E-state index in [1.165, 1.54) is 12.3 Å². The van der Waals surface area contributed by atoms with Crippen LogP contribution < -0.4 is 4.90 Å². The molecular weight excluding hydrogens is 273 g/mol. The molecule has 0 spiro atoms. The van der Waals surface area contributed by atoms with Crippen molar-refractivity contribution in [3.63, 3.8) is 0 Å². The van der Waals surface area contributed by atoms with Gasteiger partial charge in [0.15, 0.2) is 0 Å². The van der Waals surface area contributed by atoms with E-state index in [4.69, 9.17) is 4.74 Å². The van der Waals surface area contributed by atoms with Crippen LogP contribution in [0.4, 0.5) is 15.0 Å². The Morgan fingerprint density at radius 2 is 2.10 bits per heavy atom. The highest BCUT2D eigenvalue weighted by Crippen LogP contribution is 2.19. The van der Waals surface area contributed by atoms with E-state index in [9.17, 15) is 9.18 Å². The quantitative estimate of drug-likeness (QED) is 0.799. The molecule has 6 heteroatoms. The normalized spacial score (nSPS) is 19.6. The molecule has 2 heterocycles. The minimum Gasteiger partial charge on any atom is -0.444 e. The lowest BCUT2D eigenvalue weighted by molar-refractivity contribution is 0.0158. The molecule has 0 radical (unpaired) electrons. The second kappa shape index (κ2) is 5.87. The second-order valence-corrected chi connectivity index (χ2v) is 6.30. The molecule has 0 N–H and O–H groups in total. The Bertz CT molecular complexity index is 499. The molecule has 0 bridgehead atoms. The van der Waals surface area contributed by atoms with Crippen molar-refractivity contribution in [3.05, 3.63) is 24.1 Å². The van der Waals surface area contributed by atoms with E-state index in [0.29, 0.717) is 19.6 Å². The Morgan fingerprint density at radius 1 is 1.38 bits per heavy atom. The molecule has 21 heavy (non-hydrogen) atoms. The third-order valence-electron chi connectivity index (χ3n) is 3.29. The van der Waals surface area contributed by atoms with Crippen molar-refractivity contribution in [1.29, 1.82) is 0 Å². The smallest absolute Gasteiger partial charge is 0.410 e. The fraction of sp³-hybridized carbons (Fsp3) is 0.600. The summed E-state index contributed by atoms with van der Waals surface area (Å²) in [7, 11) is 0. The van der Waals surface area contributed by atoms with Crippen molar-refractivity contribution in [1.82, 2.24) is 9.88 Å². The summed E-state index contributed by atoms with van der Waals surface area (Å²) in [5, 5.41) is 0. The molecule has 1 aliphatic heterocycles. The number of piperazine rings is 1. The topological polar surface area (TPSA) is 45.7 Å². The van der Waals surface area contributed by atoms with Crippen LogP contribution in [0.1, 0.15) is 27.7 Å². The standard InChI is InChI=1S/C15H22FN3O2/c1-11-10-18(13-6-5-12(16)9-17-13)7-8-19(11)14(20)21-15(2,3)4/h5-6,9,11H,7-8,10H2,1-4H3/t11-/m0/s1. The number of amides is 1. The Balaban J connectivity index is 1.99. The Hall–Kier alpha value is -1.85. The first-order valence-corrected chi connectivity index (χ1v) is 7.12. The number of carbonyl (C=O) groups is 1. The highest BCUT2D eigenvalue weighted by atomic mass is 19.1. The van der Waals surface area contributed by atoms with Gasteiger partial charge in [-0.25, -0.2) is 14.2 Å². The summed E-state index contributed by atoms with van der Waals surface area (Å²) in [6, 6.07) is 3.07. The summed E-state index contributed by atoms with van der Waals surface area (Å²) in [5.74, 6) is 0.381. The van der Waals surface area contributed by atoms with Crippen molar-refractivity contribution < 1.29 is 13.9 Å². The van der Waals surface area contributed by atoms with Crippen LogP contribution in [0.15, 0.2) is 18.3 Å². The first-order valence-electron chi connectivity index (χ1n) is 7.12. The van der Waals surface area contributed by atoms with Gasteiger partial charge in [-0.3, -0.25) is 0 Å². The number of carbonyl (C=O) groups excluding carboxylic acids is 1. The number of pyridine rings is 1. The molecule has 0 aliphatic carbocycles. The number of ether oxygens (including phenoxy) is 1. The monoisotopic (exact) mass is 295 g/mol. The van der Waals surface area contributed by atoms with Crippen molar-refractivity contribution in [2.24, 2.45) is 0 Å². The lowest BCUT2D eigenvalue weighted by Gasteiger charge is -2.40. The Kier molecular flexibility index (Phi) is 4.34. The van der Waals surface area contributed by atoms with E-state index in [-0.39, 0.29) is 18.0 Å². The Morgan fingerprint density at radius 3 is 2.62 bits per heavy atom. The van der Waals surface area contributed by atoms with Crippen LogP contribution in [-0.2, 0) is 4.74 Å². The number of nitrogens with zero attached hydrogens (tertiary/aromatic N) is 3. The van der Waals surface area contributed by atoms with Gasteiger partial charge in [-0.1, -0.05) is 0 Å². The molecule has 1 aromatic heterocycles. The zero-order valence-electron chi connectivity index (χ0n) is 13.0. The van der Waals surface area contributed by atoms with Crippen LogP contribution in [0.3, 0.4) is 0 Å². The molecule has 1 fully saturated rings. The lowest BCUT2D eigenvalue weighted by Crippen LogP contribution is -2.55. The molecule has 0 unspecified atom stereocenters. The first-order chi connectivity index (χ1) is 9.76. The van der Waals surface area contributed by atoms with E-state index in [1.54, 1.807) is 11.0 Å². The average molecular weight is 295 g/mol. The maximum atomic E-state index is 12.9. The van der Waals surface area contributed by atoms with Crippen LogP contribution in [0.5, 0.6) is 0 Å². The summed E-state index contributed by atoms with van der Waals surface area (Å²) in [4.78, 5) is 20.0. The SMILES string of the molecule is C[C@H]1CN(c2ccc(F)cn2)CCN1C(=O)OC(C)(C)C. The van der Waals surface area contributed by atoms with Crippen molar-refractivity contribution in [2.45, 2.75) is 39.3 Å². The Labute approximate surface area is 124 Å². The van der Waals surface area contributed by atoms with Gasteiger partial charge in [0.1, 0.15) is 17.2 Å². The molecule has 1 aromatic rings. The molecular formula is C15H22FN3O2. The number of hydrogen-bond donors (Lipinski definition) is 0. The fourth-order valence-corrected chi connectivity index (χ4v) is 2.31. The minimum atomic E-state index is -0.494. The summed E-state index contributed by atoms with van der Waals surface area (Å²) >= 11 is 0. The van der Waals surface area contributed by atoms with Gasteiger partial charge >= 0.3 is 6.09 Å². The molecule has 116 valence electrons. The molecule has 1 aliphatic rings. The second-order valence-electron chi connectivity index (χ2n) is 6.30. The number of hydrogen-bond acceptors (Lipinski definition) is 4. The van der Waals surface area contributed by atoms with E-state index in [2.05, 4.69) is 4.98 Å². The number of rotatable bonds is 1. The molecule has 2 rings (SSSR count). The van der Waals surface area contributed by atoms with Crippen molar-refractivity contribution in [2.75, 3.05) is 24.5 Å². The van der Waals surface area contributed by atoms with Gasteiger partial charge < -0.3 is 14.5 Å². The van der Waals surface area contributed by atoms with E-state index in [0.717, 1.165) is 5.82 Å². The zero-order valence-corrected chi connectivity index (χ0v) is 13.0. The first kappa shape index (κ1) is 15.5. The average Bonchev–Trinajstić information content (AvgIpc) is 2.37. The molecule has 0 aromatic carbocycles. The highest BCUT2D eigenvalue weighted by Gasteiger charge is 2.31. The predicted molar refractivity (Wildman–Crippen MR) is 78.8 cm³/mol. The minimum absolute atomic E-state index is 0.0143. The van der Waals surface area contributed by atoms with Crippen LogP contribution in [-0.4, -0.2) is 47.3 Å². The van der Waals surface area contributed by atoms with Gasteiger partial charge in [-0.05, 0) is 39.8 Å². The molecule has 1 amide bonds. The fourth-order valence-electron chi connectivity index (χ4n) is 2.31. The van der Waals surface area contributed by atoms with Crippen LogP contribution in [0, 0.1) is 5.82 Å². The van der Waals surface area contributed by atoms with Crippen molar-refractivity contribution >= 4 is 11.9 Å². The van der Waals surface area contributed by atoms with Gasteiger partial charge in [0, 0.05) is 25.7 Å². The third kappa shape index (κ3) is 4.06. The summed E-state index contributed by atoms with van der Waals surface area (Å²) in [6.07, 6.45) is 0.918.